The molecular weight excluding hydrogens is 240 g/mol. The van der Waals surface area contributed by atoms with Crippen LogP contribution in [0, 0.1) is 0 Å². The predicted octanol–water partition coefficient (Wildman–Crippen LogP) is 4.35. The summed E-state index contributed by atoms with van der Waals surface area (Å²) in [6, 6.07) is 8.17. The van der Waals surface area contributed by atoms with E-state index in [2.05, 4.69) is 26.0 Å². The maximum atomic E-state index is 5.88. The van der Waals surface area contributed by atoms with Gasteiger partial charge in [-0.15, -0.1) is 0 Å². The van der Waals surface area contributed by atoms with Crippen molar-refractivity contribution in [3.63, 3.8) is 0 Å². The van der Waals surface area contributed by atoms with Gasteiger partial charge in [-0.05, 0) is 12.8 Å². The van der Waals surface area contributed by atoms with Gasteiger partial charge in [0.05, 0.1) is 13.2 Å². The molecule has 3 heteroatoms. The molecule has 1 heterocycles. The zero-order chi connectivity index (χ0) is 13.5. The lowest BCUT2D eigenvalue weighted by Crippen LogP contribution is -2.07. The Balaban J connectivity index is 1.97. The van der Waals surface area contributed by atoms with Crippen molar-refractivity contribution in [2.24, 2.45) is 0 Å². The lowest BCUT2D eigenvalue weighted by molar-refractivity contribution is -0.235. The second kappa shape index (κ2) is 7.63. The number of ether oxygens (including phenoxy) is 3. The van der Waals surface area contributed by atoms with E-state index in [-0.39, 0.29) is 12.6 Å². The van der Waals surface area contributed by atoms with Gasteiger partial charge in [0.1, 0.15) is 0 Å². The van der Waals surface area contributed by atoms with Crippen LogP contribution in [0.25, 0.3) is 0 Å². The highest BCUT2D eigenvalue weighted by Gasteiger charge is 2.32. The summed E-state index contributed by atoms with van der Waals surface area (Å²) in [5.74, 6) is 0. The average molecular weight is 264 g/mol. The van der Waals surface area contributed by atoms with Gasteiger partial charge in [0, 0.05) is 11.1 Å². The summed E-state index contributed by atoms with van der Waals surface area (Å²) >= 11 is 0. The van der Waals surface area contributed by atoms with Crippen molar-refractivity contribution in [2.75, 3.05) is 13.2 Å². The lowest BCUT2D eigenvalue weighted by atomic mass is 10.1. The maximum absolute atomic E-state index is 5.88. The Morgan fingerprint density at radius 2 is 1.37 bits per heavy atom. The molecule has 0 fully saturated rings. The quantitative estimate of drug-likeness (QED) is 0.653. The van der Waals surface area contributed by atoms with Crippen molar-refractivity contribution < 1.29 is 14.2 Å². The molecule has 3 nitrogen and oxygen atoms in total. The van der Waals surface area contributed by atoms with Crippen molar-refractivity contribution in [1.82, 2.24) is 0 Å². The summed E-state index contributed by atoms with van der Waals surface area (Å²) in [5, 5.41) is 0. The highest BCUT2D eigenvalue weighted by Crippen LogP contribution is 2.40. The fourth-order valence-corrected chi connectivity index (χ4v) is 2.13. The molecule has 106 valence electrons. The monoisotopic (exact) mass is 264 g/mol. The van der Waals surface area contributed by atoms with Crippen LogP contribution in [0.5, 0.6) is 0 Å². The average Bonchev–Trinajstić information content (AvgIpc) is 2.79. The number of hydrogen-bond acceptors (Lipinski definition) is 3. The molecule has 0 radical (unpaired) electrons. The van der Waals surface area contributed by atoms with E-state index in [1.165, 1.54) is 0 Å². The zero-order valence-corrected chi connectivity index (χ0v) is 11.9. The highest BCUT2D eigenvalue weighted by molar-refractivity contribution is 5.32. The molecule has 0 amide bonds. The molecular formula is C16H24O3. The van der Waals surface area contributed by atoms with Crippen LogP contribution in [-0.4, -0.2) is 13.2 Å². The van der Waals surface area contributed by atoms with Gasteiger partial charge in [-0.1, -0.05) is 51.0 Å². The molecule has 0 saturated heterocycles. The minimum Gasteiger partial charge on any atom is -0.348 e. The van der Waals surface area contributed by atoms with E-state index in [1.54, 1.807) is 0 Å². The van der Waals surface area contributed by atoms with Gasteiger partial charge in [-0.2, -0.15) is 0 Å². The summed E-state index contributed by atoms with van der Waals surface area (Å²) < 4.78 is 17.5. The molecule has 2 rings (SSSR count). The van der Waals surface area contributed by atoms with E-state index in [4.69, 9.17) is 14.2 Å². The minimum atomic E-state index is -0.269. The Morgan fingerprint density at radius 1 is 0.895 bits per heavy atom. The molecule has 2 unspecified atom stereocenters. The molecule has 1 aliphatic rings. The van der Waals surface area contributed by atoms with Gasteiger partial charge >= 0.3 is 0 Å². The summed E-state index contributed by atoms with van der Waals surface area (Å²) in [4.78, 5) is 0. The Bertz CT molecular complexity index is 343. The Hall–Kier alpha value is -0.900. The van der Waals surface area contributed by atoms with Crippen LogP contribution in [0.2, 0.25) is 0 Å². The molecule has 0 aliphatic carbocycles. The van der Waals surface area contributed by atoms with Crippen LogP contribution in [0.4, 0.5) is 0 Å². The van der Waals surface area contributed by atoms with E-state index >= 15 is 0 Å². The van der Waals surface area contributed by atoms with E-state index in [1.807, 2.05) is 12.1 Å². The van der Waals surface area contributed by atoms with E-state index in [9.17, 15) is 0 Å². The molecule has 0 spiro atoms. The molecule has 1 aromatic rings. The molecule has 1 aliphatic heterocycles. The van der Waals surface area contributed by atoms with Gasteiger partial charge < -0.3 is 14.2 Å². The van der Waals surface area contributed by atoms with Gasteiger partial charge in [0.25, 0.3) is 0 Å². The van der Waals surface area contributed by atoms with Crippen molar-refractivity contribution in [1.29, 1.82) is 0 Å². The molecule has 19 heavy (non-hydrogen) atoms. The van der Waals surface area contributed by atoms with Crippen LogP contribution in [0.1, 0.15) is 63.2 Å². The Kier molecular flexibility index (Phi) is 5.83. The molecule has 0 aromatic heterocycles. The van der Waals surface area contributed by atoms with Crippen LogP contribution in [0.15, 0.2) is 24.3 Å². The topological polar surface area (TPSA) is 27.7 Å². The predicted molar refractivity (Wildman–Crippen MR) is 74.7 cm³/mol. The largest absolute Gasteiger partial charge is 0.348 e. The SMILES string of the molecule is CCCCOC1OC(OCCCC)c2ccccc21. The van der Waals surface area contributed by atoms with Crippen LogP contribution >= 0.6 is 0 Å². The first-order chi connectivity index (χ1) is 9.36. The van der Waals surface area contributed by atoms with Gasteiger partial charge in [-0.3, -0.25) is 0 Å². The van der Waals surface area contributed by atoms with Crippen molar-refractivity contribution in [3.8, 4) is 0 Å². The van der Waals surface area contributed by atoms with Crippen LogP contribution in [0.3, 0.4) is 0 Å². The minimum absolute atomic E-state index is 0.269. The second-order valence-electron chi connectivity index (χ2n) is 4.88. The fraction of sp³-hybridized carbons (Fsp3) is 0.625. The lowest BCUT2D eigenvalue weighted by Gasteiger charge is -2.15. The van der Waals surface area contributed by atoms with Crippen LogP contribution in [-0.2, 0) is 14.2 Å². The standard InChI is InChI=1S/C16H24O3/c1-3-5-11-17-15-13-9-7-8-10-14(13)16(19-15)18-12-6-4-2/h7-10,15-16H,3-6,11-12H2,1-2H3. The Labute approximate surface area is 115 Å². The van der Waals surface area contributed by atoms with Crippen LogP contribution < -0.4 is 0 Å². The van der Waals surface area contributed by atoms with Crippen molar-refractivity contribution >= 4 is 0 Å². The van der Waals surface area contributed by atoms with Crippen molar-refractivity contribution in [2.45, 2.75) is 52.1 Å². The van der Waals surface area contributed by atoms with E-state index < -0.39 is 0 Å². The number of rotatable bonds is 8. The molecule has 0 N–H and O–H groups in total. The zero-order valence-electron chi connectivity index (χ0n) is 11.9. The molecule has 1 aromatic carbocycles. The molecule has 0 saturated carbocycles. The summed E-state index contributed by atoms with van der Waals surface area (Å²) in [6.07, 6.45) is 3.84. The van der Waals surface area contributed by atoms with E-state index in [0.717, 1.165) is 50.0 Å². The van der Waals surface area contributed by atoms with E-state index in [0.29, 0.717) is 0 Å². The normalized spacial score (nSPS) is 21.6. The number of fused-ring (bicyclic) bond motifs is 1. The highest BCUT2D eigenvalue weighted by atomic mass is 16.8. The first kappa shape index (κ1) is 14.5. The maximum Gasteiger partial charge on any atom is 0.187 e. The third-order valence-electron chi connectivity index (χ3n) is 3.29. The smallest absolute Gasteiger partial charge is 0.187 e. The first-order valence-corrected chi connectivity index (χ1v) is 7.34. The van der Waals surface area contributed by atoms with Gasteiger partial charge in [0.2, 0.25) is 0 Å². The summed E-state index contributed by atoms with van der Waals surface area (Å²) in [7, 11) is 0. The third-order valence-corrected chi connectivity index (χ3v) is 3.29. The van der Waals surface area contributed by atoms with Gasteiger partial charge in [0.15, 0.2) is 12.6 Å². The molecule has 2 atom stereocenters. The van der Waals surface area contributed by atoms with Crippen molar-refractivity contribution in [3.05, 3.63) is 35.4 Å². The Morgan fingerprint density at radius 3 is 1.79 bits per heavy atom. The second-order valence-corrected chi connectivity index (χ2v) is 4.88. The summed E-state index contributed by atoms with van der Waals surface area (Å²) in [6.45, 7) is 5.78. The first-order valence-electron chi connectivity index (χ1n) is 7.34. The third kappa shape index (κ3) is 3.78. The molecule has 0 bridgehead atoms. The number of benzene rings is 1. The number of hydrogen-bond donors (Lipinski definition) is 0. The van der Waals surface area contributed by atoms with Gasteiger partial charge in [-0.25, -0.2) is 0 Å². The summed E-state index contributed by atoms with van der Waals surface area (Å²) in [5.41, 5.74) is 2.22. The number of unbranched alkanes of at least 4 members (excludes halogenated alkanes) is 2. The fourth-order valence-electron chi connectivity index (χ4n) is 2.13.